The van der Waals surface area contributed by atoms with E-state index in [1.807, 2.05) is 42.5 Å². The van der Waals surface area contributed by atoms with E-state index in [0.29, 0.717) is 23.7 Å². The molecule has 3 aromatic rings. The monoisotopic (exact) mass is 439 g/mol. The van der Waals surface area contributed by atoms with Crippen LogP contribution in [-0.2, 0) is 16.1 Å². The fraction of sp³-hybridized carbons (Fsp3) is 0.261. The number of ether oxygens (including phenoxy) is 1. The van der Waals surface area contributed by atoms with Crippen LogP contribution in [0.4, 0.5) is 10.5 Å². The number of carbonyl (C=O) groups is 3. The van der Waals surface area contributed by atoms with Crippen molar-refractivity contribution in [3.05, 3.63) is 65.0 Å². The van der Waals surface area contributed by atoms with E-state index in [1.54, 1.807) is 31.0 Å². The number of benzene rings is 2. The number of fused-ring (bicyclic) bond motifs is 1. The molecule has 0 bridgehead atoms. The van der Waals surface area contributed by atoms with E-state index in [0.717, 1.165) is 15.6 Å². The molecular formula is C23H25N3O4S. The summed E-state index contributed by atoms with van der Waals surface area (Å²) in [6, 6.07) is 16.7. The van der Waals surface area contributed by atoms with Gasteiger partial charge < -0.3 is 20.3 Å². The lowest BCUT2D eigenvalue weighted by Gasteiger charge is -2.18. The number of amides is 3. The van der Waals surface area contributed by atoms with Crippen LogP contribution in [0.3, 0.4) is 0 Å². The zero-order valence-corrected chi connectivity index (χ0v) is 18.3. The number of carbonyl (C=O) groups excluding carboxylic acids is 3. The second kappa shape index (κ2) is 10.6. The van der Waals surface area contributed by atoms with Crippen LogP contribution in [0.5, 0.6) is 0 Å². The van der Waals surface area contributed by atoms with E-state index in [4.69, 9.17) is 4.74 Å². The normalized spacial score (nSPS) is 10.5. The maximum absolute atomic E-state index is 12.2. The fourth-order valence-corrected chi connectivity index (χ4v) is 3.93. The molecule has 1 aromatic heterocycles. The highest BCUT2D eigenvalue weighted by molar-refractivity contribution is 7.20. The van der Waals surface area contributed by atoms with Gasteiger partial charge in [0.05, 0.1) is 6.61 Å². The van der Waals surface area contributed by atoms with Crippen LogP contribution in [-0.4, -0.2) is 43.0 Å². The Morgan fingerprint density at radius 1 is 1.06 bits per heavy atom. The summed E-state index contributed by atoms with van der Waals surface area (Å²) in [4.78, 5) is 38.4. The first-order valence-corrected chi connectivity index (χ1v) is 10.8. The standard InChI is InChI=1S/C23H25N3O4S/c1-3-30-22(28)20-14-17-13-18(9-10-19(17)31-20)25-21(27)11-12-24-23(29)26(2)15-16-7-5-4-6-8-16/h4-10,13-14H,3,11-12,15H2,1-2H3,(H,24,29)(H,25,27). The van der Waals surface area contributed by atoms with Gasteiger partial charge >= 0.3 is 12.0 Å². The molecule has 3 rings (SSSR count). The van der Waals surface area contributed by atoms with Gasteiger partial charge in [-0.25, -0.2) is 9.59 Å². The van der Waals surface area contributed by atoms with Crippen LogP contribution < -0.4 is 10.6 Å². The van der Waals surface area contributed by atoms with Crippen molar-refractivity contribution in [2.24, 2.45) is 0 Å². The van der Waals surface area contributed by atoms with Crippen molar-refractivity contribution >= 4 is 45.0 Å². The molecule has 0 spiro atoms. The fourth-order valence-electron chi connectivity index (χ4n) is 2.99. The maximum atomic E-state index is 12.2. The Morgan fingerprint density at radius 2 is 1.84 bits per heavy atom. The van der Waals surface area contributed by atoms with E-state index in [-0.39, 0.29) is 30.9 Å². The second-order valence-corrected chi connectivity index (χ2v) is 8.04. The van der Waals surface area contributed by atoms with Gasteiger partial charge in [0.1, 0.15) is 4.88 Å². The van der Waals surface area contributed by atoms with Gasteiger partial charge in [0.15, 0.2) is 0 Å². The quantitative estimate of drug-likeness (QED) is 0.514. The van der Waals surface area contributed by atoms with Gasteiger partial charge in [-0.3, -0.25) is 4.79 Å². The Morgan fingerprint density at radius 3 is 2.58 bits per heavy atom. The van der Waals surface area contributed by atoms with Gasteiger partial charge in [-0.2, -0.15) is 0 Å². The van der Waals surface area contributed by atoms with Crippen LogP contribution in [0.2, 0.25) is 0 Å². The van der Waals surface area contributed by atoms with Crippen LogP contribution in [0.1, 0.15) is 28.6 Å². The first kappa shape index (κ1) is 22.3. The van der Waals surface area contributed by atoms with Crippen molar-refractivity contribution in [1.82, 2.24) is 10.2 Å². The summed E-state index contributed by atoms with van der Waals surface area (Å²) in [7, 11) is 1.71. The smallest absolute Gasteiger partial charge is 0.348 e. The van der Waals surface area contributed by atoms with Crippen LogP contribution in [0.25, 0.3) is 10.1 Å². The van der Waals surface area contributed by atoms with Gasteiger partial charge in [0, 0.05) is 36.9 Å². The van der Waals surface area contributed by atoms with Gasteiger partial charge in [-0.05, 0) is 42.1 Å². The Kier molecular flexibility index (Phi) is 7.61. The molecule has 0 saturated heterocycles. The van der Waals surface area contributed by atoms with E-state index >= 15 is 0 Å². The van der Waals surface area contributed by atoms with Crippen LogP contribution in [0.15, 0.2) is 54.6 Å². The Balaban J connectivity index is 1.47. The van der Waals surface area contributed by atoms with Crippen molar-refractivity contribution in [1.29, 1.82) is 0 Å². The predicted molar refractivity (Wildman–Crippen MR) is 122 cm³/mol. The Hall–Kier alpha value is -3.39. The van der Waals surface area contributed by atoms with Gasteiger partial charge in [0.25, 0.3) is 0 Å². The third-order valence-corrected chi connectivity index (χ3v) is 5.61. The van der Waals surface area contributed by atoms with Gasteiger partial charge in [-0.1, -0.05) is 30.3 Å². The topological polar surface area (TPSA) is 87.7 Å². The van der Waals surface area contributed by atoms with E-state index in [1.165, 1.54) is 11.3 Å². The number of rotatable bonds is 8. The largest absolute Gasteiger partial charge is 0.462 e. The minimum Gasteiger partial charge on any atom is -0.462 e. The molecule has 0 saturated carbocycles. The molecule has 0 atom stereocenters. The third kappa shape index (κ3) is 6.29. The Labute approximate surface area is 185 Å². The molecule has 31 heavy (non-hydrogen) atoms. The lowest BCUT2D eigenvalue weighted by atomic mass is 10.2. The summed E-state index contributed by atoms with van der Waals surface area (Å²) in [5, 5.41) is 6.44. The van der Waals surface area contributed by atoms with Crippen molar-refractivity contribution < 1.29 is 19.1 Å². The molecule has 3 amide bonds. The lowest BCUT2D eigenvalue weighted by Crippen LogP contribution is -2.38. The minimum atomic E-state index is -0.345. The van der Waals surface area contributed by atoms with Crippen molar-refractivity contribution in [3.8, 4) is 0 Å². The summed E-state index contributed by atoms with van der Waals surface area (Å²) in [6.07, 6.45) is 0.153. The summed E-state index contributed by atoms with van der Waals surface area (Å²) in [5.41, 5.74) is 1.67. The molecule has 7 nitrogen and oxygen atoms in total. The predicted octanol–water partition coefficient (Wildman–Crippen LogP) is 4.25. The zero-order valence-electron chi connectivity index (χ0n) is 17.5. The molecule has 0 radical (unpaired) electrons. The third-order valence-electron chi connectivity index (χ3n) is 4.51. The number of hydrogen-bond donors (Lipinski definition) is 2. The molecule has 8 heteroatoms. The average Bonchev–Trinajstić information content (AvgIpc) is 3.18. The number of anilines is 1. The molecule has 1 heterocycles. The maximum Gasteiger partial charge on any atom is 0.348 e. The summed E-state index contributed by atoms with van der Waals surface area (Å²) in [5.74, 6) is -0.548. The number of esters is 1. The van der Waals surface area contributed by atoms with Crippen LogP contribution >= 0.6 is 11.3 Å². The van der Waals surface area contributed by atoms with Crippen LogP contribution in [0, 0.1) is 0 Å². The van der Waals surface area contributed by atoms with E-state index < -0.39 is 0 Å². The molecule has 0 aliphatic rings. The first-order valence-electron chi connectivity index (χ1n) is 9.99. The Bertz CT molecular complexity index is 1070. The molecule has 0 unspecified atom stereocenters. The number of hydrogen-bond acceptors (Lipinski definition) is 5. The zero-order chi connectivity index (χ0) is 22.2. The highest BCUT2D eigenvalue weighted by Gasteiger charge is 2.13. The number of urea groups is 1. The molecule has 0 aliphatic heterocycles. The van der Waals surface area contributed by atoms with E-state index in [2.05, 4.69) is 10.6 Å². The summed E-state index contributed by atoms with van der Waals surface area (Å²) >= 11 is 1.35. The highest BCUT2D eigenvalue weighted by Crippen LogP contribution is 2.28. The molecule has 162 valence electrons. The first-order chi connectivity index (χ1) is 15.0. The van der Waals surface area contributed by atoms with Crippen molar-refractivity contribution in [2.75, 3.05) is 25.5 Å². The summed E-state index contributed by atoms with van der Waals surface area (Å²) in [6.45, 7) is 2.82. The second-order valence-electron chi connectivity index (χ2n) is 6.96. The van der Waals surface area contributed by atoms with Gasteiger partial charge in [0.2, 0.25) is 5.91 Å². The number of nitrogens with zero attached hydrogens (tertiary/aromatic N) is 1. The van der Waals surface area contributed by atoms with E-state index in [9.17, 15) is 14.4 Å². The molecule has 2 N–H and O–H groups in total. The molecule has 0 aliphatic carbocycles. The minimum absolute atomic E-state index is 0.153. The van der Waals surface area contributed by atoms with Crippen molar-refractivity contribution in [3.63, 3.8) is 0 Å². The SMILES string of the molecule is CCOC(=O)c1cc2cc(NC(=O)CCNC(=O)N(C)Cc3ccccc3)ccc2s1. The summed E-state index contributed by atoms with van der Waals surface area (Å²) < 4.78 is 5.97. The van der Waals surface area contributed by atoms with Crippen molar-refractivity contribution in [2.45, 2.75) is 19.9 Å². The molecule has 0 fully saturated rings. The molecular weight excluding hydrogens is 414 g/mol. The van der Waals surface area contributed by atoms with Gasteiger partial charge in [-0.15, -0.1) is 11.3 Å². The molecule has 2 aromatic carbocycles. The number of nitrogens with one attached hydrogen (secondary N) is 2. The lowest BCUT2D eigenvalue weighted by molar-refractivity contribution is -0.116. The highest BCUT2D eigenvalue weighted by atomic mass is 32.1. The average molecular weight is 440 g/mol. The number of thiophene rings is 1.